The normalized spacial score (nSPS) is 11.8. The molecule has 5 heteroatoms. The molecule has 0 aliphatic heterocycles. The van der Waals surface area contributed by atoms with Crippen LogP contribution in [0.1, 0.15) is 24.5 Å². The summed E-state index contributed by atoms with van der Waals surface area (Å²) in [7, 11) is 0. The summed E-state index contributed by atoms with van der Waals surface area (Å²) in [6, 6.07) is 15.6. The Morgan fingerprint density at radius 1 is 1.19 bits per heavy atom. The minimum atomic E-state index is -0.550. The highest BCUT2D eigenvalue weighted by molar-refractivity contribution is 7.14. The number of nitrogens with zero attached hydrogens (tertiary/aromatic N) is 1. The Balaban J connectivity index is 1.70. The molecular weight excluding hydrogens is 344 g/mol. The topological polar surface area (TPSA) is 51.2 Å². The van der Waals surface area contributed by atoms with Crippen molar-refractivity contribution in [3.8, 4) is 17.0 Å². The summed E-state index contributed by atoms with van der Waals surface area (Å²) >= 11 is 1.42. The number of para-hydroxylation sites is 1. The van der Waals surface area contributed by atoms with Gasteiger partial charge in [-0.1, -0.05) is 48.9 Å². The van der Waals surface area contributed by atoms with E-state index in [-0.39, 0.29) is 5.91 Å². The van der Waals surface area contributed by atoms with E-state index in [1.54, 1.807) is 0 Å². The van der Waals surface area contributed by atoms with Crippen LogP contribution in [-0.4, -0.2) is 17.0 Å². The van der Waals surface area contributed by atoms with Crippen LogP contribution in [0.15, 0.2) is 53.9 Å². The van der Waals surface area contributed by atoms with Crippen molar-refractivity contribution in [3.05, 3.63) is 65.0 Å². The predicted octanol–water partition coefficient (Wildman–Crippen LogP) is 5.22. The number of carbonyl (C=O) groups is 1. The Bertz CT molecular complexity index is 890. The van der Waals surface area contributed by atoms with Gasteiger partial charge in [0.1, 0.15) is 5.75 Å². The van der Waals surface area contributed by atoms with E-state index in [1.807, 2.05) is 42.6 Å². The van der Waals surface area contributed by atoms with E-state index in [9.17, 15) is 4.79 Å². The van der Waals surface area contributed by atoms with Gasteiger partial charge in [-0.05, 0) is 38.0 Å². The molecule has 4 nitrogen and oxygen atoms in total. The fraction of sp³-hybridized carbons (Fsp3) is 0.238. The number of rotatable bonds is 6. The lowest BCUT2D eigenvalue weighted by atomic mass is 10.0. The first-order chi connectivity index (χ1) is 12.6. The van der Waals surface area contributed by atoms with Crippen molar-refractivity contribution >= 4 is 22.4 Å². The van der Waals surface area contributed by atoms with Crippen molar-refractivity contribution in [1.29, 1.82) is 0 Å². The summed E-state index contributed by atoms with van der Waals surface area (Å²) < 4.78 is 5.79. The average Bonchev–Trinajstić information content (AvgIpc) is 3.08. The lowest BCUT2D eigenvalue weighted by molar-refractivity contribution is -0.122. The number of ether oxygens (including phenoxy) is 1. The highest BCUT2D eigenvalue weighted by Gasteiger charge is 2.20. The molecule has 0 saturated heterocycles. The second kappa shape index (κ2) is 8.15. The van der Waals surface area contributed by atoms with Gasteiger partial charge < -0.3 is 4.74 Å². The van der Waals surface area contributed by atoms with Crippen LogP contribution >= 0.6 is 11.3 Å². The second-order valence-corrected chi connectivity index (χ2v) is 7.03. The number of benzene rings is 2. The molecule has 0 aliphatic rings. The molecule has 3 aromatic rings. The van der Waals surface area contributed by atoms with Crippen LogP contribution in [0.2, 0.25) is 0 Å². The van der Waals surface area contributed by atoms with Crippen molar-refractivity contribution in [2.45, 2.75) is 33.3 Å². The zero-order chi connectivity index (χ0) is 18.5. The zero-order valence-electron chi connectivity index (χ0n) is 15.2. The Morgan fingerprint density at radius 2 is 1.96 bits per heavy atom. The van der Waals surface area contributed by atoms with Gasteiger partial charge in [-0.3, -0.25) is 10.1 Å². The van der Waals surface area contributed by atoms with E-state index in [4.69, 9.17) is 4.74 Å². The van der Waals surface area contributed by atoms with Gasteiger partial charge in [-0.15, -0.1) is 11.3 Å². The summed E-state index contributed by atoms with van der Waals surface area (Å²) in [6.07, 6.45) is 0.0293. The fourth-order valence-corrected chi connectivity index (χ4v) is 3.44. The van der Waals surface area contributed by atoms with E-state index in [2.05, 4.69) is 42.3 Å². The lowest BCUT2D eigenvalue weighted by Gasteiger charge is -2.16. The maximum atomic E-state index is 12.5. The molecule has 0 radical (unpaired) electrons. The zero-order valence-corrected chi connectivity index (χ0v) is 16.0. The van der Waals surface area contributed by atoms with Crippen molar-refractivity contribution in [3.63, 3.8) is 0 Å². The molecule has 1 aromatic heterocycles. The van der Waals surface area contributed by atoms with Gasteiger partial charge in [0.25, 0.3) is 5.91 Å². The SMILES string of the molecule is CCC(Oc1ccccc1)C(=O)Nc1nc(-c2ccc(C)cc2C)cs1. The Labute approximate surface area is 157 Å². The summed E-state index contributed by atoms with van der Waals surface area (Å²) in [5, 5.41) is 5.43. The lowest BCUT2D eigenvalue weighted by Crippen LogP contribution is -2.32. The minimum absolute atomic E-state index is 0.183. The third kappa shape index (κ3) is 4.29. The first kappa shape index (κ1) is 18.1. The third-order valence-corrected chi connectivity index (χ3v) is 4.83. The summed E-state index contributed by atoms with van der Waals surface area (Å²) in [5.74, 6) is 0.502. The number of hydrogen-bond donors (Lipinski definition) is 1. The maximum absolute atomic E-state index is 12.5. The van der Waals surface area contributed by atoms with Gasteiger partial charge in [0, 0.05) is 10.9 Å². The van der Waals surface area contributed by atoms with E-state index >= 15 is 0 Å². The van der Waals surface area contributed by atoms with Crippen LogP contribution in [0.5, 0.6) is 5.75 Å². The maximum Gasteiger partial charge on any atom is 0.267 e. The van der Waals surface area contributed by atoms with Crippen molar-refractivity contribution in [1.82, 2.24) is 4.98 Å². The predicted molar refractivity (Wildman–Crippen MR) is 107 cm³/mol. The van der Waals surface area contributed by atoms with Crippen LogP contribution in [0, 0.1) is 13.8 Å². The highest BCUT2D eigenvalue weighted by atomic mass is 32.1. The smallest absolute Gasteiger partial charge is 0.267 e. The van der Waals surface area contributed by atoms with Crippen molar-refractivity contribution in [2.24, 2.45) is 0 Å². The third-order valence-electron chi connectivity index (χ3n) is 4.08. The minimum Gasteiger partial charge on any atom is -0.481 e. The van der Waals surface area contributed by atoms with Gasteiger partial charge in [0.15, 0.2) is 11.2 Å². The Kier molecular flexibility index (Phi) is 5.68. The molecule has 1 heterocycles. The fourth-order valence-electron chi connectivity index (χ4n) is 2.73. The Hall–Kier alpha value is -2.66. The number of aromatic nitrogens is 1. The molecule has 26 heavy (non-hydrogen) atoms. The molecule has 134 valence electrons. The van der Waals surface area contributed by atoms with Crippen molar-refractivity contribution in [2.75, 3.05) is 5.32 Å². The first-order valence-electron chi connectivity index (χ1n) is 8.62. The quantitative estimate of drug-likeness (QED) is 0.650. The molecule has 2 aromatic carbocycles. The number of amides is 1. The van der Waals surface area contributed by atoms with Crippen LogP contribution in [0.4, 0.5) is 5.13 Å². The van der Waals surface area contributed by atoms with Crippen LogP contribution < -0.4 is 10.1 Å². The van der Waals surface area contributed by atoms with Gasteiger partial charge >= 0.3 is 0 Å². The molecule has 1 amide bonds. The van der Waals surface area contributed by atoms with E-state index in [1.165, 1.54) is 22.5 Å². The van der Waals surface area contributed by atoms with Crippen molar-refractivity contribution < 1.29 is 9.53 Å². The summed E-state index contributed by atoms with van der Waals surface area (Å²) in [6.45, 7) is 6.07. The number of carbonyl (C=O) groups excluding carboxylic acids is 1. The largest absolute Gasteiger partial charge is 0.481 e. The summed E-state index contributed by atoms with van der Waals surface area (Å²) in [4.78, 5) is 17.1. The average molecular weight is 366 g/mol. The number of nitrogens with one attached hydrogen (secondary N) is 1. The van der Waals surface area contributed by atoms with E-state index in [0.717, 1.165) is 11.3 Å². The van der Waals surface area contributed by atoms with Gasteiger partial charge in [-0.25, -0.2) is 4.98 Å². The molecular formula is C21H22N2O2S. The van der Waals surface area contributed by atoms with Crippen LogP contribution in [-0.2, 0) is 4.79 Å². The van der Waals surface area contributed by atoms with Crippen LogP contribution in [0.3, 0.4) is 0 Å². The molecule has 1 N–H and O–H groups in total. The number of aryl methyl sites for hydroxylation is 2. The Morgan fingerprint density at radius 3 is 2.65 bits per heavy atom. The summed E-state index contributed by atoms with van der Waals surface area (Å²) in [5.41, 5.74) is 4.35. The number of anilines is 1. The monoisotopic (exact) mass is 366 g/mol. The van der Waals surface area contributed by atoms with E-state index < -0.39 is 6.10 Å². The molecule has 0 spiro atoms. The molecule has 3 rings (SSSR count). The number of hydrogen-bond acceptors (Lipinski definition) is 4. The standard InChI is InChI=1S/C21H22N2O2S/c1-4-19(25-16-8-6-5-7-9-16)20(24)23-21-22-18(13-26-21)17-11-10-14(2)12-15(17)3/h5-13,19H,4H2,1-3H3,(H,22,23,24). The van der Waals surface area contributed by atoms with Crippen LogP contribution in [0.25, 0.3) is 11.3 Å². The first-order valence-corrected chi connectivity index (χ1v) is 9.50. The van der Waals surface area contributed by atoms with Gasteiger partial charge in [0.2, 0.25) is 0 Å². The van der Waals surface area contributed by atoms with Gasteiger partial charge in [0.05, 0.1) is 5.69 Å². The van der Waals surface area contributed by atoms with E-state index in [0.29, 0.717) is 17.3 Å². The molecule has 0 saturated carbocycles. The van der Waals surface area contributed by atoms with Gasteiger partial charge in [-0.2, -0.15) is 0 Å². The molecule has 0 bridgehead atoms. The molecule has 1 atom stereocenters. The number of thiazole rings is 1. The molecule has 0 aliphatic carbocycles. The molecule has 1 unspecified atom stereocenters. The highest BCUT2D eigenvalue weighted by Crippen LogP contribution is 2.28. The molecule has 0 fully saturated rings. The second-order valence-electron chi connectivity index (χ2n) is 6.17.